The van der Waals surface area contributed by atoms with Gasteiger partial charge in [-0.05, 0) is 49.2 Å². The Hall–Kier alpha value is -4.07. The van der Waals surface area contributed by atoms with Crippen LogP contribution in [-0.2, 0) is 6.54 Å². The van der Waals surface area contributed by atoms with E-state index in [4.69, 9.17) is 4.74 Å². The Bertz CT molecular complexity index is 1200. The normalized spacial score (nSPS) is 13.6. The minimum atomic E-state index is -0.437. The summed E-state index contributed by atoms with van der Waals surface area (Å²) in [5, 5.41) is 5.65. The van der Waals surface area contributed by atoms with Crippen molar-refractivity contribution >= 4 is 29.1 Å². The first kappa shape index (κ1) is 23.1. The summed E-state index contributed by atoms with van der Waals surface area (Å²) in [6.45, 7) is 3.14. The topological polar surface area (TPSA) is 73.9 Å². The van der Waals surface area contributed by atoms with Crippen molar-refractivity contribution in [3.8, 4) is 5.75 Å². The van der Waals surface area contributed by atoms with Gasteiger partial charge in [-0.25, -0.2) is 14.0 Å². The van der Waals surface area contributed by atoms with Crippen LogP contribution >= 0.6 is 0 Å². The molecule has 0 atom stereocenters. The van der Waals surface area contributed by atoms with Crippen LogP contribution in [0.3, 0.4) is 0 Å². The van der Waals surface area contributed by atoms with Crippen LogP contribution in [0.15, 0.2) is 66.7 Å². The predicted molar refractivity (Wildman–Crippen MR) is 131 cm³/mol. The summed E-state index contributed by atoms with van der Waals surface area (Å²) in [6, 6.07) is 18.4. The molecule has 0 unspecified atom stereocenters. The van der Waals surface area contributed by atoms with Crippen LogP contribution < -0.4 is 20.3 Å². The number of ether oxygens (including phenoxy) is 1. The van der Waals surface area contributed by atoms with Gasteiger partial charge >= 0.3 is 12.1 Å². The second-order valence-electron chi connectivity index (χ2n) is 8.13. The summed E-state index contributed by atoms with van der Waals surface area (Å²) in [5.41, 5.74) is 3.10. The number of hydrogen-bond donors (Lipinski definition) is 2. The fourth-order valence-corrected chi connectivity index (χ4v) is 3.95. The van der Waals surface area contributed by atoms with Crippen LogP contribution in [0.5, 0.6) is 5.75 Å². The Balaban J connectivity index is 1.53. The molecular formula is C26H27FN4O3. The SMILES string of the molecule is COc1cccc(NC(=O)Nc2cc(C)ccc2N2CCCN(Cc3ccccc3F)C2=O)c1. The lowest BCUT2D eigenvalue weighted by atomic mass is 10.1. The van der Waals surface area contributed by atoms with Crippen LogP contribution in [0.1, 0.15) is 17.5 Å². The van der Waals surface area contributed by atoms with Crippen molar-refractivity contribution in [1.82, 2.24) is 4.90 Å². The molecule has 0 radical (unpaired) electrons. The Morgan fingerprint density at radius 1 is 1.03 bits per heavy atom. The molecule has 1 aliphatic heterocycles. The molecule has 1 saturated heterocycles. The van der Waals surface area contributed by atoms with E-state index >= 15 is 0 Å². The van der Waals surface area contributed by atoms with Crippen molar-refractivity contribution in [3.63, 3.8) is 0 Å². The summed E-state index contributed by atoms with van der Waals surface area (Å²) in [6.07, 6.45) is 0.726. The second-order valence-corrected chi connectivity index (χ2v) is 8.13. The zero-order chi connectivity index (χ0) is 24.1. The van der Waals surface area contributed by atoms with Gasteiger partial charge in [0.25, 0.3) is 0 Å². The van der Waals surface area contributed by atoms with Gasteiger partial charge in [0.2, 0.25) is 0 Å². The number of nitrogens with zero attached hydrogens (tertiary/aromatic N) is 2. The summed E-state index contributed by atoms with van der Waals surface area (Å²) >= 11 is 0. The van der Waals surface area contributed by atoms with Crippen LogP contribution in [0, 0.1) is 12.7 Å². The summed E-state index contributed by atoms with van der Waals surface area (Å²) in [5.74, 6) is 0.294. The van der Waals surface area contributed by atoms with E-state index in [0.717, 1.165) is 12.0 Å². The molecule has 0 saturated carbocycles. The third-order valence-electron chi connectivity index (χ3n) is 5.65. The quantitative estimate of drug-likeness (QED) is 0.499. The summed E-state index contributed by atoms with van der Waals surface area (Å²) in [4.78, 5) is 29.3. The lowest BCUT2D eigenvalue weighted by molar-refractivity contribution is 0.192. The van der Waals surface area contributed by atoms with Crippen molar-refractivity contribution in [3.05, 3.63) is 83.7 Å². The first-order valence-corrected chi connectivity index (χ1v) is 11.1. The maximum absolute atomic E-state index is 14.2. The Morgan fingerprint density at radius 2 is 1.85 bits per heavy atom. The molecule has 4 amide bonds. The average molecular weight is 463 g/mol. The first-order chi connectivity index (χ1) is 16.4. The number of halogens is 1. The molecule has 176 valence electrons. The fourth-order valence-electron chi connectivity index (χ4n) is 3.95. The van der Waals surface area contributed by atoms with Gasteiger partial charge < -0.3 is 20.3 Å². The third-order valence-corrected chi connectivity index (χ3v) is 5.65. The maximum Gasteiger partial charge on any atom is 0.324 e. The number of rotatable bonds is 6. The van der Waals surface area contributed by atoms with Crippen molar-refractivity contribution in [2.45, 2.75) is 19.9 Å². The van der Waals surface area contributed by atoms with Gasteiger partial charge in [-0.15, -0.1) is 0 Å². The molecule has 3 aromatic rings. The Morgan fingerprint density at radius 3 is 2.65 bits per heavy atom. The molecule has 0 bridgehead atoms. The van der Waals surface area contributed by atoms with E-state index in [0.29, 0.717) is 41.5 Å². The van der Waals surface area contributed by atoms with Crippen LogP contribution in [0.2, 0.25) is 0 Å². The Kier molecular flexibility index (Phi) is 6.96. The van der Waals surface area contributed by atoms with Crippen molar-refractivity contribution in [1.29, 1.82) is 0 Å². The molecule has 34 heavy (non-hydrogen) atoms. The highest BCUT2D eigenvalue weighted by Gasteiger charge is 2.29. The predicted octanol–water partition coefficient (Wildman–Crippen LogP) is 5.62. The van der Waals surface area contributed by atoms with E-state index < -0.39 is 6.03 Å². The molecule has 0 aliphatic carbocycles. The number of carbonyl (C=O) groups is 2. The number of methoxy groups -OCH3 is 1. The number of benzene rings is 3. The molecule has 4 rings (SSSR count). The van der Waals surface area contributed by atoms with Crippen molar-refractivity contribution < 1.29 is 18.7 Å². The third kappa shape index (κ3) is 5.28. The number of amides is 4. The zero-order valence-electron chi connectivity index (χ0n) is 19.2. The number of carbonyl (C=O) groups excluding carboxylic acids is 2. The minimum absolute atomic E-state index is 0.187. The molecule has 3 aromatic carbocycles. The van der Waals surface area contributed by atoms with Crippen LogP contribution in [-0.4, -0.2) is 37.2 Å². The lowest BCUT2D eigenvalue weighted by Crippen LogP contribution is -2.49. The first-order valence-electron chi connectivity index (χ1n) is 11.1. The van der Waals surface area contributed by atoms with E-state index in [9.17, 15) is 14.0 Å². The van der Waals surface area contributed by atoms with E-state index in [-0.39, 0.29) is 18.4 Å². The minimum Gasteiger partial charge on any atom is -0.497 e. The molecule has 1 aliphatic rings. The summed E-state index contributed by atoms with van der Waals surface area (Å²) < 4.78 is 19.4. The molecule has 8 heteroatoms. The van der Waals surface area contributed by atoms with Crippen LogP contribution in [0.25, 0.3) is 0 Å². The molecule has 0 aromatic heterocycles. The monoisotopic (exact) mass is 462 g/mol. The van der Waals surface area contributed by atoms with E-state index in [1.54, 1.807) is 59.4 Å². The lowest BCUT2D eigenvalue weighted by Gasteiger charge is -2.36. The largest absolute Gasteiger partial charge is 0.497 e. The zero-order valence-corrected chi connectivity index (χ0v) is 19.2. The average Bonchev–Trinajstić information content (AvgIpc) is 2.82. The van der Waals surface area contributed by atoms with E-state index in [1.165, 1.54) is 6.07 Å². The van der Waals surface area contributed by atoms with Crippen LogP contribution in [0.4, 0.5) is 31.0 Å². The van der Waals surface area contributed by atoms with Gasteiger partial charge in [-0.3, -0.25) is 4.90 Å². The maximum atomic E-state index is 14.2. The molecule has 7 nitrogen and oxygen atoms in total. The van der Waals surface area contributed by atoms with Gasteiger partial charge in [0.05, 0.1) is 25.0 Å². The molecule has 1 heterocycles. The van der Waals surface area contributed by atoms with Gasteiger partial charge in [-0.1, -0.05) is 30.3 Å². The Labute approximate surface area is 198 Å². The highest BCUT2D eigenvalue weighted by molar-refractivity contribution is 6.04. The van der Waals surface area contributed by atoms with Crippen molar-refractivity contribution in [2.75, 3.05) is 35.7 Å². The van der Waals surface area contributed by atoms with Gasteiger partial charge in [0.15, 0.2) is 0 Å². The molecule has 2 N–H and O–H groups in total. The molecule has 0 spiro atoms. The standard InChI is InChI=1S/C26H27FN4O3/c1-18-11-12-24(23(15-18)29-25(32)28-20-8-5-9-21(16-20)34-2)31-14-6-13-30(26(31)33)17-19-7-3-4-10-22(19)27/h3-5,7-12,15-16H,6,13-14,17H2,1-2H3,(H2,28,29,32). The van der Waals surface area contributed by atoms with Gasteiger partial charge in [0, 0.05) is 30.4 Å². The number of anilines is 3. The molecular weight excluding hydrogens is 435 g/mol. The second kappa shape index (κ2) is 10.2. The fraction of sp³-hybridized carbons (Fsp3) is 0.231. The van der Waals surface area contributed by atoms with E-state index in [1.807, 2.05) is 25.1 Å². The number of urea groups is 2. The van der Waals surface area contributed by atoms with Crippen molar-refractivity contribution in [2.24, 2.45) is 0 Å². The number of nitrogens with one attached hydrogen (secondary N) is 2. The number of aryl methyl sites for hydroxylation is 1. The number of hydrogen-bond acceptors (Lipinski definition) is 3. The smallest absolute Gasteiger partial charge is 0.324 e. The van der Waals surface area contributed by atoms with Gasteiger partial charge in [0.1, 0.15) is 11.6 Å². The molecule has 1 fully saturated rings. The highest BCUT2D eigenvalue weighted by atomic mass is 19.1. The van der Waals surface area contributed by atoms with Gasteiger partial charge in [-0.2, -0.15) is 0 Å². The summed E-state index contributed by atoms with van der Waals surface area (Å²) in [7, 11) is 1.56. The van der Waals surface area contributed by atoms with E-state index in [2.05, 4.69) is 10.6 Å². The highest BCUT2D eigenvalue weighted by Crippen LogP contribution is 2.31.